The maximum absolute atomic E-state index is 13.6. The van der Waals surface area contributed by atoms with E-state index in [1.807, 2.05) is 68.7 Å². The van der Waals surface area contributed by atoms with Crippen LogP contribution in [0.25, 0.3) is 11.1 Å². The number of likely N-dealkylation sites (tertiary alicyclic amines) is 1. The molecule has 0 saturated carbocycles. The van der Waals surface area contributed by atoms with Gasteiger partial charge >= 0.3 is 35.8 Å². The quantitative estimate of drug-likeness (QED) is 0.00858. The first kappa shape index (κ1) is 109. The largest absolute Gasteiger partial charge is 0.497 e. The number of piperidine rings is 1. The van der Waals surface area contributed by atoms with Gasteiger partial charge in [-0.25, -0.2) is 28.8 Å². The van der Waals surface area contributed by atoms with Crippen molar-refractivity contribution in [3.63, 3.8) is 0 Å². The van der Waals surface area contributed by atoms with Crippen molar-refractivity contribution in [2.75, 3.05) is 99.1 Å². The van der Waals surface area contributed by atoms with Crippen LogP contribution >= 0.6 is 0 Å². The molecule has 9 aromatic rings. The van der Waals surface area contributed by atoms with Crippen LogP contribution in [-0.4, -0.2) is 162 Å². The highest BCUT2D eigenvalue weighted by Crippen LogP contribution is 2.37. The van der Waals surface area contributed by atoms with Crippen molar-refractivity contribution >= 4 is 47.3 Å². The second kappa shape index (κ2) is 59.6. The Balaban J connectivity index is 0.000000248. The maximum atomic E-state index is 13.6. The Hall–Kier alpha value is -12.9. The number of nitrogens with zero attached hydrogens (tertiary/aromatic N) is 4. The lowest BCUT2D eigenvalue weighted by molar-refractivity contribution is -0.138. The second-order valence-corrected chi connectivity index (χ2v) is 34.5. The number of unbranched alkanes of at least 4 members (excludes halogenated alkanes) is 11. The number of rotatable bonds is 46. The lowest BCUT2D eigenvalue weighted by atomic mass is 9.80. The number of ether oxygens (including phenoxy) is 11. The van der Waals surface area contributed by atoms with Gasteiger partial charge in [-0.2, -0.15) is 5.26 Å². The Labute approximate surface area is 800 Å². The molecule has 2 heterocycles. The maximum Gasteiger partial charge on any atom is 0.343 e. The normalized spacial score (nSPS) is 13.2. The highest BCUT2D eigenvalue weighted by molar-refractivity contribution is 6.04. The first-order chi connectivity index (χ1) is 65.2. The van der Waals surface area contributed by atoms with Crippen molar-refractivity contribution in [2.45, 2.75) is 200 Å². The van der Waals surface area contributed by atoms with Gasteiger partial charge in [0.25, 0.3) is 0 Å². The van der Waals surface area contributed by atoms with Crippen molar-refractivity contribution in [1.82, 2.24) is 9.80 Å². The van der Waals surface area contributed by atoms with Crippen LogP contribution in [0.5, 0.6) is 40.2 Å². The van der Waals surface area contributed by atoms with Crippen LogP contribution in [0.3, 0.4) is 0 Å². The van der Waals surface area contributed by atoms with Gasteiger partial charge in [0.1, 0.15) is 40.2 Å². The number of aryl methyl sites for hydroxylation is 2. The fourth-order valence-electron chi connectivity index (χ4n) is 15.1. The van der Waals surface area contributed by atoms with Crippen molar-refractivity contribution in [1.29, 1.82) is 5.26 Å². The lowest BCUT2D eigenvalue weighted by Crippen LogP contribution is -2.56. The molecule has 2 saturated heterocycles. The molecule has 0 aliphatic carbocycles. The number of benzene rings is 9. The Kier molecular flexibility index (Phi) is 48.2. The summed E-state index contributed by atoms with van der Waals surface area (Å²) in [5, 5.41) is 8.79. The van der Waals surface area contributed by atoms with Crippen LogP contribution in [0.2, 0.25) is 0 Å². The summed E-state index contributed by atoms with van der Waals surface area (Å²) in [6, 6.07) is 68.9. The molecular formula is C113H140N4O18. The second-order valence-electron chi connectivity index (χ2n) is 34.5. The van der Waals surface area contributed by atoms with E-state index in [9.17, 15) is 33.6 Å². The molecule has 2 fully saturated rings. The summed E-state index contributed by atoms with van der Waals surface area (Å²) >= 11 is 0. The van der Waals surface area contributed by atoms with Gasteiger partial charge in [-0.05, 0) is 357 Å². The molecule has 1 atom stereocenters. The van der Waals surface area contributed by atoms with Gasteiger partial charge in [-0.15, -0.1) is 0 Å². The van der Waals surface area contributed by atoms with E-state index in [2.05, 4.69) is 138 Å². The number of carbonyl (C=O) groups excluding carboxylic acids is 7. The fraction of sp³-hybridized carbons (Fsp3) is 0.398. The van der Waals surface area contributed by atoms with E-state index in [-0.39, 0.29) is 11.8 Å². The molecule has 22 nitrogen and oxygen atoms in total. The number of carbonyl (C=O) groups is 7. The third kappa shape index (κ3) is 38.9. The molecule has 0 radical (unpaired) electrons. The first-order valence-electron chi connectivity index (χ1n) is 47.2. The molecule has 720 valence electrons. The molecule has 135 heavy (non-hydrogen) atoms. The zero-order chi connectivity index (χ0) is 97.6. The van der Waals surface area contributed by atoms with E-state index in [4.69, 9.17) is 57.4 Å². The standard InChI is InChI=1S/C39H44O10.C23H30N2O2.C23H26O6.C18H19N.C10H21N/c1-4-36(40)46-26-12-8-6-10-24-44-32-18-14-30(15-19-32)38(42)48-34-22-23-35(29(3)28-34)49-39(43)31-16-20-33(21-17-31)45-25-11-7-9-13-27-47-37(41)5-2;1-4-23(24(2)3,18-19-8-6-5-7-9-19)22(26)20-10-12-21(13-11-20)25-14-16-27-17-15-25;1-3-22(24)28-17-7-5-4-6-16-27-20-12-14-21(15-13-20)29-23(25)18-8-10-19(26-2)11-9-18;1-2-3-4-5-15-6-10-17(11-7-15)18-12-8-16(14-19)9-13-18;1-9(2)7-6-8-10(3,4)11(9)5/h4-5,14-23,28H,1-2,6-13,24-27H2,3H3;5-13H,4,14-18H2,1-3H3;3,8-15H,1,4-7,16-17H2,2H3;6-13H,2-5H2,1H3;6-8H2,1-5H3. The Morgan fingerprint density at radius 1 is 0.459 bits per heavy atom. The topological polar surface area (TPSA) is 255 Å². The van der Waals surface area contributed by atoms with Crippen LogP contribution in [-0.2, 0) is 46.2 Å². The van der Waals surface area contributed by atoms with Crippen LogP contribution in [0, 0.1) is 18.3 Å². The molecule has 9 aromatic carbocycles. The average molecular weight is 1840 g/mol. The minimum Gasteiger partial charge on any atom is -0.497 e. The number of ketones is 1. The number of methoxy groups -OCH3 is 1. The minimum atomic E-state index is -0.540. The molecule has 1 unspecified atom stereocenters. The van der Waals surface area contributed by atoms with E-state index in [1.54, 1.807) is 129 Å². The van der Waals surface area contributed by atoms with Crippen molar-refractivity contribution in [3.05, 3.63) is 301 Å². The summed E-state index contributed by atoms with van der Waals surface area (Å²) in [4.78, 5) is 91.0. The first-order valence-corrected chi connectivity index (χ1v) is 47.2. The van der Waals surface area contributed by atoms with Crippen LogP contribution in [0.1, 0.15) is 227 Å². The Morgan fingerprint density at radius 3 is 1.27 bits per heavy atom. The molecule has 0 aromatic heterocycles. The summed E-state index contributed by atoms with van der Waals surface area (Å²) in [6.45, 7) is 31.7. The molecule has 0 spiro atoms. The number of likely N-dealkylation sites (N-methyl/N-ethyl adjacent to an activating group) is 1. The van der Waals surface area contributed by atoms with Crippen molar-refractivity contribution < 1.29 is 85.7 Å². The summed E-state index contributed by atoms with van der Waals surface area (Å²) in [7, 11) is 7.83. The smallest absolute Gasteiger partial charge is 0.343 e. The van der Waals surface area contributed by atoms with Crippen LogP contribution in [0.15, 0.2) is 256 Å². The number of morpholine rings is 1. The zero-order valence-corrected chi connectivity index (χ0v) is 81.2. The van der Waals surface area contributed by atoms with Crippen molar-refractivity contribution in [3.8, 4) is 57.4 Å². The van der Waals surface area contributed by atoms with Crippen LogP contribution in [0.4, 0.5) is 5.69 Å². The van der Waals surface area contributed by atoms with Crippen molar-refractivity contribution in [2.24, 2.45) is 0 Å². The van der Waals surface area contributed by atoms with Gasteiger partial charge in [0.15, 0.2) is 5.78 Å². The summed E-state index contributed by atoms with van der Waals surface area (Å²) in [5.74, 6) is 1.32. The van der Waals surface area contributed by atoms with E-state index < -0.39 is 35.4 Å². The molecule has 0 amide bonds. The molecule has 22 heteroatoms. The van der Waals surface area contributed by atoms with Gasteiger partial charge in [0, 0.05) is 53.6 Å². The average Bonchev–Trinajstić information content (AvgIpc) is 0.447. The van der Waals surface area contributed by atoms with Gasteiger partial charge in [-0.3, -0.25) is 14.6 Å². The molecular weight excluding hydrogens is 1700 g/mol. The van der Waals surface area contributed by atoms with E-state index in [1.165, 1.54) is 73.3 Å². The molecule has 2 aliphatic heterocycles. The third-order valence-corrected chi connectivity index (χ3v) is 23.7. The predicted molar refractivity (Wildman–Crippen MR) is 534 cm³/mol. The predicted octanol–water partition coefficient (Wildman–Crippen LogP) is 23.6. The number of esters is 6. The number of hydrogen-bond acceptors (Lipinski definition) is 22. The third-order valence-electron chi connectivity index (χ3n) is 23.7. The highest BCUT2D eigenvalue weighted by Gasteiger charge is 2.40. The highest BCUT2D eigenvalue weighted by atomic mass is 16.6. The molecule has 2 aliphatic rings. The van der Waals surface area contributed by atoms with E-state index >= 15 is 0 Å². The van der Waals surface area contributed by atoms with E-state index in [0.717, 1.165) is 133 Å². The zero-order valence-electron chi connectivity index (χ0n) is 81.2. The van der Waals surface area contributed by atoms with Gasteiger partial charge in [0.05, 0.1) is 93.8 Å². The minimum absolute atomic E-state index is 0.187. The lowest BCUT2D eigenvalue weighted by Gasteiger charge is -2.50. The Morgan fingerprint density at radius 2 is 0.859 bits per heavy atom. The number of hydrogen-bond donors (Lipinski definition) is 0. The molecule has 0 bridgehead atoms. The molecule has 0 N–H and O–H groups in total. The summed E-state index contributed by atoms with van der Waals surface area (Å²) < 4.78 is 59.0. The van der Waals surface area contributed by atoms with Crippen LogP contribution < -0.4 is 38.1 Å². The van der Waals surface area contributed by atoms with E-state index in [0.29, 0.717) is 125 Å². The number of nitriles is 1. The fourth-order valence-corrected chi connectivity index (χ4v) is 15.1. The van der Waals surface area contributed by atoms with Gasteiger partial charge in [0.2, 0.25) is 0 Å². The summed E-state index contributed by atoms with van der Waals surface area (Å²) in [6.07, 6.45) is 24.7. The van der Waals surface area contributed by atoms with Gasteiger partial charge < -0.3 is 57.0 Å². The SMILES string of the molecule is C=CC(=O)OCCCCCCOc1ccc(C(=O)Oc2ccc(OC(=O)c3ccc(OCCCCCCOC(=O)C=C)cc3)c(C)c2)cc1.C=CC(=O)OCCCCCCOc1ccc(OC(=O)c2ccc(OC)cc2)cc1.CCC(Cc1ccccc1)(C(=O)c1ccc(N2CCOCC2)cc1)N(C)C.CCCCCc1ccc(-c2ccc(C#N)cc2)cc1.CN1C(C)(C)CCCC1(C)C. The summed E-state index contributed by atoms with van der Waals surface area (Å²) in [5.41, 5.74) is 9.69. The van der Waals surface area contributed by atoms with Gasteiger partial charge in [-0.1, -0.05) is 113 Å². The monoisotopic (exact) mass is 1840 g/mol. The molecule has 11 rings (SSSR count). The Bertz CT molecular complexity index is 5110. The number of anilines is 1. The number of Topliss-reactive ketones (excluding diaryl/α,β-unsaturated/α-hetero) is 1.